The van der Waals surface area contributed by atoms with Gasteiger partial charge in [0.25, 0.3) is 0 Å². The number of rotatable bonds is 3. The lowest BCUT2D eigenvalue weighted by atomic mass is 10.2. The molecule has 2 heterocycles. The number of fused-ring (bicyclic) bond motifs is 1. The fraction of sp³-hybridized carbons (Fsp3) is 0.500. The standard InChI is InChI=1S/C14H18BrN3O/c1-3-18-13-5-4-9(15)6-11(13)17-14(18)12-7-10(19-2)8-16-12/h4-6,10,12,16H,3,7-8H2,1-2H3. The molecular formula is C14H18BrN3O. The molecule has 5 heteroatoms. The summed E-state index contributed by atoms with van der Waals surface area (Å²) in [5, 5.41) is 3.50. The number of hydrogen-bond donors (Lipinski definition) is 1. The fourth-order valence-corrected chi connectivity index (χ4v) is 3.15. The summed E-state index contributed by atoms with van der Waals surface area (Å²) in [4.78, 5) is 4.81. The van der Waals surface area contributed by atoms with Crippen LogP contribution in [-0.2, 0) is 11.3 Å². The number of nitrogens with zero attached hydrogens (tertiary/aromatic N) is 2. The minimum atomic E-state index is 0.288. The molecule has 4 nitrogen and oxygen atoms in total. The van der Waals surface area contributed by atoms with Gasteiger partial charge >= 0.3 is 0 Å². The minimum Gasteiger partial charge on any atom is -0.380 e. The van der Waals surface area contributed by atoms with Gasteiger partial charge in [0.1, 0.15) is 5.82 Å². The topological polar surface area (TPSA) is 39.1 Å². The Morgan fingerprint density at radius 2 is 2.37 bits per heavy atom. The van der Waals surface area contributed by atoms with E-state index in [0.29, 0.717) is 6.10 Å². The molecule has 1 saturated heterocycles. The molecule has 2 unspecified atom stereocenters. The molecule has 1 aliphatic heterocycles. The van der Waals surface area contributed by atoms with Crippen LogP contribution in [0.1, 0.15) is 25.2 Å². The molecule has 1 N–H and O–H groups in total. The lowest BCUT2D eigenvalue weighted by Gasteiger charge is -2.12. The molecular weight excluding hydrogens is 306 g/mol. The molecule has 1 fully saturated rings. The maximum atomic E-state index is 5.42. The van der Waals surface area contributed by atoms with E-state index in [-0.39, 0.29) is 6.04 Å². The first-order chi connectivity index (χ1) is 9.22. The van der Waals surface area contributed by atoms with E-state index in [2.05, 4.69) is 50.9 Å². The van der Waals surface area contributed by atoms with Gasteiger partial charge in [-0.25, -0.2) is 4.98 Å². The molecule has 102 valence electrons. The molecule has 2 atom stereocenters. The second-order valence-corrected chi connectivity index (χ2v) is 5.82. The van der Waals surface area contributed by atoms with Gasteiger partial charge in [-0.3, -0.25) is 0 Å². The Morgan fingerprint density at radius 3 is 3.05 bits per heavy atom. The van der Waals surface area contributed by atoms with Gasteiger partial charge in [0.15, 0.2) is 0 Å². The summed E-state index contributed by atoms with van der Waals surface area (Å²) in [6, 6.07) is 6.56. The monoisotopic (exact) mass is 323 g/mol. The lowest BCUT2D eigenvalue weighted by molar-refractivity contribution is 0.117. The summed E-state index contributed by atoms with van der Waals surface area (Å²) >= 11 is 3.51. The van der Waals surface area contributed by atoms with Crippen molar-refractivity contribution in [1.29, 1.82) is 0 Å². The van der Waals surface area contributed by atoms with E-state index in [1.165, 1.54) is 5.52 Å². The van der Waals surface area contributed by atoms with Crippen LogP contribution in [0, 0.1) is 0 Å². The molecule has 0 radical (unpaired) electrons. The quantitative estimate of drug-likeness (QED) is 0.944. The van der Waals surface area contributed by atoms with Crippen molar-refractivity contribution >= 4 is 27.0 Å². The van der Waals surface area contributed by atoms with Crippen LogP contribution >= 0.6 is 15.9 Å². The second kappa shape index (κ2) is 5.23. The highest BCUT2D eigenvalue weighted by molar-refractivity contribution is 9.10. The number of nitrogens with one attached hydrogen (secondary N) is 1. The summed E-state index contributed by atoms with van der Waals surface area (Å²) in [6.07, 6.45) is 1.28. The molecule has 1 aliphatic rings. The van der Waals surface area contributed by atoms with E-state index in [9.17, 15) is 0 Å². The largest absolute Gasteiger partial charge is 0.380 e. The SMILES string of the molecule is CCn1c(C2CC(OC)CN2)nc2cc(Br)ccc21. The van der Waals surface area contributed by atoms with E-state index < -0.39 is 0 Å². The number of ether oxygens (including phenoxy) is 1. The van der Waals surface area contributed by atoms with Crippen LogP contribution in [0.3, 0.4) is 0 Å². The van der Waals surface area contributed by atoms with Crippen molar-refractivity contribution in [2.75, 3.05) is 13.7 Å². The maximum absolute atomic E-state index is 5.42. The molecule has 0 saturated carbocycles. The average Bonchev–Trinajstić information content (AvgIpc) is 3.01. The number of benzene rings is 1. The Hall–Kier alpha value is -0.910. The van der Waals surface area contributed by atoms with Crippen molar-refractivity contribution in [1.82, 2.24) is 14.9 Å². The van der Waals surface area contributed by atoms with Crippen LogP contribution in [0.4, 0.5) is 0 Å². The Labute approximate surface area is 121 Å². The predicted molar refractivity (Wildman–Crippen MR) is 79.3 cm³/mol. The van der Waals surface area contributed by atoms with Gasteiger partial charge in [-0.05, 0) is 31.5 Å². The molecule has 0 amide bonds. The zero-order valence-electron chi connectivity index (χ0n) is 11.2. The van der Waals surface area contributed by atoms with Gasteiger partial charge < -0.3 is 14.6 Å². The normalized spacial score (nSPS) is 23.3. The number of aromatic nitrogens is 2. The van der Waals surface area contributed by atoms with Gasteiger partial charge in [0.2, 0.25) is 0 Å². The van der Waals surface area contributed by atoms with Crippen LogP contribution in [0.5, 0.6) is 0 Å². The van der Waals surface area contributed by atoms with Crippen LogP contribution in [0.25, 0.3) is 11.0 Å². The predicted octanol–water partition coefficient (Wildman–Crippen LogP) is 2.87. The summed E-state index contributed by atoms with van der Waals surface area (Å²) in [6.45, 7) is 4.00. The summed E-state index contributed by atoms with van der Waals surface area (Å²) in [5.41, 5.74) is 2.25. The highest BCUT2D eigenvalue weighted by Crippen LogP contribution is 2.28. The Balaban J connectivity index is 2.03. The first-order valence-corrected chi connectivity index (χ1v) is 7.44. The molecule has 0 aliphatic carbocycles. The summed E-state index contributed by atoms with van der Waals surface area (Å²) in [5.74, 6) is 1.12. The third-order valence-corrected chi connectivity index (χ3v) is 4.28. The summed E-state index contributed by atoms with van der Waals surface area (Å²) in [7, 11) is 1.77. The Kier molecular flexibility index (Phi) is 3.60. The van der Waals surface area contributed by atoms with Crippen molar-refractivity contribution < 1.29 is 4.74 Å². The first kappa shape index (κ1) is 13.1. The first-order valence-electron chi connectivity index (χ1n) is 6.64. The van der Waals surface area contributed by atoms with Crippen LogP contribution < -0.4 is 5.32 Å². The Bertz CT molecular complexity index is 596. The number of methoxy groups -OCH3 is 1. The number of hydrogen-bond acceptors (Lipinski definition) is 3. The van der Waals surface area contributed by atoms with E-state index in [4.69, 9.17) is 9.72 Å². The Morgan fingerprint density at radius 1 is 1.53 bits per heavy atom. The van der Waals surface area contributed by atoms with Crippen molar-refractivity contribution in [3.63, 3.8) is 0 Å². The van der Waals surface area contributed by atoms with Crippen LogP contribution in [0.2, 0.25) is 0 Å². The fourth-order valence-electron chi connectivity index (χ4n) is 2.80. The van der Waals surface area contributed by atoms with Crippen molar-refractivity contribution in [2.45, 2.75) is 32.0 Å². The number of imidazole rings is 1. The van der Waals surface area contributed by atoms with E-state index in [1.54, 1.807) is 7.11 Å². The highest BCUT2D eigenvalue weighted by atomic mass is 79.9. The molecule has 2 aromatic rings. The van der Waals surface area contributed by atoms with Crippen LogP contribution in [-0.4, -0.2) is 29.3 Å². The number of aryl methyl sites for hydroxylation is 1. The highest BCUT2D eigenvalue weighted by Gasteiger charge is 2.29. The number of halogens is 1. The third-order valence-electron chi connectivity index (χ3n) is 3.79. The van der Waals surface area contributed by atoms with Gasteiger partial charge in [-0.15, -0.1) is 0 Å². The zero-order valence-corrected chi connectivity index (χ0v) is 12.8. The summed E-state index contributed by atoms with van der Waals surface area (Å²) < 4.78 is 8.78. The van der Waals surface area contributed by atoms with Crippen molar-refractivity contribution in [2.24, 2.45) is 0 Å². The molecule has 1 aromatic carbocycles. The minimum absolute atomic E-state index is 0.288. The smallest absolute Gasteiger partial charge is 0.127 e. The van der Waals surface area contributed by atoms with E-state index in [1.807, 2.05) is 0 Å². The van der Waals surface area contributed by atoms with Gasteiger partial charge in [-0.1, -0.05) is 15.9 Å². The second-order valence-electron chi connectivity index (χ2n) is 4.90. The van der Waals surface area contributed by atoms with Gasteiger partial charge in [-0.2, -0.15) is 0 Å². The van der Waals surface area contributed by atoms with Crippen LogP contribution in [0.15, 0.2) is 22.7 Å². The zero-order chi connectivity index (χ0) is 13.4. The molecule has 19 heavy (non-hydrogen) atoms. The maximum Gasteiger partial charge on any atom is 0.127 e. The molecule has 0 bridgehead atoms. The van der Waals surface area contributed by atoms with Gasteiger partial charge in [0, 0.05) is 24.7 Å². The average molecular weight is 324 g/mol. The van der Waals surface area contributed by atoms with E-state index >= 15 is 0 Å². The molecule has 0 spiro atoms. The third kappa shape index (κ3) is 2.30. The van der Waals surface area contributed by atoms with Crippen molar-refractivity contribution in [3.05, 3.63) is 28.5 Å². The van der Waals surface area contributed by atoms with E-state index in [0.717, 1.165) is 35.3 Å². The van der Waals surface area contributed by atoms with Crippen molar-refractivity contribution in [3.8, 4) is 0 Å². The molecule has 1 aromatic heterocycles. The lowest BCUT2D eigenvalue weighted by Crippen LogP contribution is -2.18. The molecule has 3 rings (SSSR count). The van der Waals surface area contributed by atoms with Gasteiger partial charge in [0.05, 0.1) is 23.2 Å².